The van der Waals surface area contributed by atoms with Gasteiger partial charge in [-0.1, -0.05) is 231 Å². The van der Waals surface area contributed by atoms with Crippen LogP contribution in [0.4, 0.5) is 0 Å². The fourth-order valence-corrected chi connectivity index (χ4v) is 9.94. The number of carbonyl (C=O) groups is 2. The van der Waals surface area contributed by atoms with Crippen molar-refractivity contribution in [3.63, 3.8) is 0 Å². The van der Waals surface area contributed by atoms with Crippen molar-refractivity contribution in [1.29, 1.82) is 0 Å². The van der Waals surface area contributed by atoms with Gasteiger partial charge in [0.1, 0.15) is 43.2 Å². The number of allylic oxidation sites excluding steroid dienone is 4. The number of aliphatic hydroxyl groups excluding tert-OH is 5. The highest BCUT2D eigenvalue weighted by atomic mass is 31.2. The second-order valence-corrected chi connectivity index (χ2v) is 21.6. The largest absolute Gasteiger partial charge is 0.472 e. The van der Waals surface area contributed by atoms with Crippen molar-refractivity contribution in [2.24, 2.45) is 0 Å². The smallest absolute Gasteiger partial charge is 0.462 e. The summed E-state index contributed by atoms with van der Waals surface area (Å²) in [6.07, 6.45) is 40.8. The predicted octanol–water partition coefficient (Wildman–Crippen LogP) is 13.1. The molecule has 0 saturated heterocycles. The Morgan fingerprint density at radius 3 is 1.19 bits per heavy atom. The molecule has 0 amide bonds. The van der Waals surface area contributed by atoms with E-state index in [1.165, 1.54) is 167 Å². The lowest BCUT2D eigenvalue weighted by molar-refractivity contribution is -0.220. The molecule has 13 nitrogen and oxygen atoms in total. The summed E-state index contributed by atoms with van der Waals surface area (Å²) < 4.78 is 33.7. The Hall–Kier alpha value is -1.67. The Bertz CT molecular complexity index is 1310. The number of aliphatic hydroxyl groups is 5. The van der Waals surface area contributed by atoms with E-state index in [1.807, 2.05) is 0 Å². The summed E-state index contributed by atoms with van der Waals surface area (Å²) in [7, 11) is -5.12. The highest BCUT2D eigenvalue weighted by Crippen LogP contribution is 2.47. The van der Waals surface area contributed by atoms with E-state index in [0.29, 0.717) is 12.8 Å². The Balaban J connectivity index is 2.33. The van der Waals surface area contributed by atoms with E-state index in [1.54, 1.807) is 0 Å². The summed E-state index contributed by atoms with van der Waals surface area (Å²) in [5.74, 6) is -1.09. The van der Waals surface area contributed by atoms with Crippen LogP contribution >= 0.6 is 7.82 Å². The van der Waals surface area contributed by atoms with Crippen LogP contribution in [-0.4, -0.2) is 98.3 Å². The average Bonchev–Trinajstić information content (AvgIpc) is 3.34. The third kappa shape index (κ3) is 37.1. The fraction of sp³-hybridized carbons (Fsp3) is 0.893. The molecule has 0 aliphatic heterocycles. The van der Waals surface area contributed by atoms with Crippen LogP contribution in [0, 0.1) is 0 Å². The van der Waals surface area contributed by atoms with Gasteiger partial charge in [0.25, 0.3) is 0 Å². The lowest BCUT2D eigenvalue weighted by atomic mass is 9.85. The SMILES string of the molecule is CCCCC/C=C/C/C=C/CCCCCCCCCCCC(=O)OC[C@H](COP(=O)(O)OC1C(O)C(O)C(O)[C@@H](O)C1O)OC(=O)CCCCCCCCCCCCCCCCCCCCCCCC. The molecule has 0 spiro atoms. The van der Waals surface area contributed by atoms with Gasteiger partial charge in [-0.2, -0.15) is 0 Å². The van der Waals surface area contributed by atoms with Crippen LogP contribution in [0.2, 0.25) is 0 Å². The van der Waals surface area contributed by atoms with Crippen LogP contribution in [0.15, 0.2) is 24.3 Å². The molecular weight excluding hydrogens is 912 g/mol. The van der Waals surface area contributed by atoms with Gasteiger partial charge in [-0.15, -0.1) is 0 Å². The number of unbranched alkanes of at least 4 members (excludes halogenated alkanes) is 33. The van der Waals surface area contributed by atoms with Crippen molar-refractivity contribution < 1.29 is 63.1 Å². The number of phosphoric acid groups is 1. The van der Waals surface area contributed by atoms with Crippen molar-refractivity contribution in [3.8, 4) is 0 Å². The monoisotopic (exact) mass is 1020 g/mol. The van der Waals surface area contributed by atoms with Crippen LogP contribution in [0.1, 0.15) is 264 Å². The van der Waals surface area contributed by atoms with E-state index in [0.717, 1.165) is 57.8 Å². The minimum Gasteiger partial charge on any atom is -0.462 e. The predicted molar refractivity (Wildman–Crippen MR) is 281 cm³/mol. The first-order chi connectivity index (χ1) is 33.9. The Morgan fingerprint density at radius 2 is 0.771 bits per heavy atom. The number of hydrogen-bond donors (Lipinski definition) is 6. The Labute approximate surface area is 426 Å². The molecule has 0 aromatic heterocycles. The summed E-state index contributed by atoms with van der Waals surface area (Å²) in [5, 5.41) is 50.4. The molecule has 0 aromatic carbocycles. The van der Waals surface area contributed by atoms with Crippen molar-refractivity contribution in [1.82, 2.24) is 0 Å². The maximum Gasteiger partial charge on any atom is 0.472 e. The second-order valence-electron chi connectivity index (χ2n) is 20.2. The highest BCUT2D eigenvalue weighted by Gasteiger charge is 2.51. The molecule has 1 fully saturated rings. The Morgan fingerprint density at radius 1 is 0.443 bits per heavy atom. The number of esters is 2. The van der Waals surface area contributed by atoms with E-state index in [-0.39, 0.29) is 12.8 Å². The number of phosphoric ester groups is 1. The number of carbonyl (C=O) groups excluding carboxylic acids is 2. The van der Waals surface area contributed by atoms with Gasteiger partial charge >= 0.3 is 19.8 Å². The van der Waals surface area contributed by atoms with E-state index < -0.39 is 75.7 Å². The molecule has 0 radical (unpaired) electrons. The molecule has 1 rings (SSSR count). The second kappa shape index (κ2) is 45.9. The molecule has 8 atom stereocenters. The zero-order valence-electron chi connectivity index (χ0n) is 44.3. The van der Waals surface area contributed by atoms with Crippen LogP contribution < -0.4 is 0 Å². The molecule has 1 saturated carbocycles. The lowest BCUT2D eigenvalue weighted by Crippen LogP contribution is -2.64. The van der Waals surface area contributed by atoms with Gasteiger partial charge in [0.15, 0.2) is 6.10 Å². The molecule has 14 heteroatoms. The first kappa shape index (κ1) is 66.3. The summed E-state index contributed by atoms with van der Waals surface area (Å²) in [6, 6.07) is 0. The van der Waals surface area contributed by atoms with E-state index in [2.05, 4.69) is 38.2 Å². The van der Waals surface area contributed by atoms with Gasteiger partial charge in [0, 0.05) is 12.8 Å². The topological polar surface area (TPSA) is 210 Å². The third-order valence-electron chi connectivity index (χ3n) is 13.5. The van der Waals surface area contributed by atoms with E-state index >= 15 is 0 Å². The van der Waals surface area contributed by atoms with Gasteiger partial charge in [-0.05, 0) is 44.9 Å². The first-order valence-corrected chi connectivity index (χ1v) is 30.1. The standard InChI is InChI=1S/C56H105O13P/c1-3-5-7-9-11-13-15-17-19-21-23-24-25-27-29-31-33-35-37-39-41-43-45-50(58)68-48(47-67-70(64,65)69-56-54(62)52(60)51(59)53(61)55(56)63)46-66-49(57)44-42-40-38-36-34-32-30-28-26-22-20-18-16-14-12-10-8-6-4-2/h12,14,18,20,48,51-56,59-63H,3-11,13,15-17,19,21-47H2,1-2H3,(H,64,65)/b14-12+,20-18+/t48-,51?,52-,53?,54?,55?,56?/m1/s1. The normalized spacial score (nSPS) is 20.9. The molecule has 1 aliphatic carbocycles. The maximum absolute atomic E-state index is 12.9. The lowest BCUT2D eigenvalue weighted by Gasteiger charge is -2.41. The highest BCUT2D eigenvalue weighted by molar-refractivity contribution is 7.47. The Kier molecular flexibility index (Phi) is 43.5. The van der Waals surface area contributed by atoms with E-state index in [9.17, 15) is 44.6 Å². The number of hydrogen-bond acceptors (Lipinski definition) is 12. The van der Waals surface area contributed by atoms with Gasteiger partial charge in [0.2, 0.25) is 0 Å². The molecule has 70 heavy (non-hydrogen) atoms. The molecule has 0 bridgehead atoms. The summed E-state index contributed by atoms with van der Waals surface area (Å²) in [5.41, 5.74) is 0. The zero-order valence-corrected chi connectivity index (χ0v) is 45.2. The van der Waals surface area contributed by atoms with Gasteiger partial charge in [-0.25, -0.2) is 4.57 Å². The number of ether oxygens (including phenoxy) is 2. The van der Waals surface area contributed by atoms with Crippen LogP contribution in [0.25, 0.3) is 0 Å². The van der Waals surface area contributed by atoms with Gasteiger partial charge in [-0.3, -0.25) is 18.6 Å². The molecule has 412 valence electrons. The van der Waals surface area contributed by atoms with Gasteiger partial charge in [0.05, 0.1) is 6.61 Å². The number of rotatable bonds is 49. The van der Waals surface area contributed by atoms with Crippen molar-refractivity contribution in [2.75, 3.05) is 13.2 Å². The minimum atomic E-state index is -5.12. The summed E-state index contributed by atoms with van der Waals surface area (Å²) in [4.78, 5) is 36.0. The maximum atomic E-state index is 12.9. The molecular formula is C56H105O13P. The molecule has 6 N–H and O–H groups in total. The van der Waals surface area contributed by atoms with Crippen molar-refractivity contribution in [3.05, 3.63) is 24.3 Å². The quantitative estimate of drug-likeness (QED) is 0.0145. The zero-order chi connectivity index (χ0) is 51.3. The minimum absolute atomic E-state index is 0.101. The van der Waals surface area contributed by atoms with Crippen molar-refractivity contribution >= 4 is 19.8 Å². The van der Waals surface area contributed by atoms with E-state index in [4.69, 9.17) is 18.5 Å². The fourth-order valence-electron chi connectivity index (χ4n) is 8.97. The average molecular weight is 1020 g/mol. The van der Waals surface area contributed by atoms with Crippen LogP contribution in [0.5, 0.6) is 0 Å². The summed E-state index contributed by atoms with van der Waals surface area (Å²) >= 11 is 0. The summed E-state index contributed by atoms with van der Waals surface area (Å²) in [6.45, 7) is 3.33. The van der Waals surface area contributed by atoms with Crippen LogP contribution in [-0.2, 0) is 32.7 Å². The molecule has 0 aromatic rings. The first-order valence-electron chi connectivity index (χ1n) is 28.6. The molecule has 1 aliphatic rings. The molecule has 6 unspecified atom stereocenters. The molecule has 0 heterocycles. The van der Waals surface area contributed by atoms with Gasteiger partial charge < -0.3 is 39.9 Å². The van der Waals surface area contributed by atoms with Crippen molar-refractivity contribution in [2.45, 2.75) is 307 Å². The third-order valence-corrected chi connectivity index (χ3v) is 14.5. The van der Waals surface area contributed by atoms with Crippen LogP contribution in [0.3, 0.4) is 0 Å².